The minimum atomic E-state index is -0.580. The van der Waals surface area contributed by atoms with Crippen LogP contribution in [0.3, 0.4) is 0 Å². The zero-order chi connectivity index (χ0) is 23.2. The van der Waals surface area contributed by atoms with E-state index in [0.717, 1.165) is 12.1 Å². The second kappa shape index (κ2) is 10.5. The van der Waals surface area contributed by atoms with Crippen molar-refractivity contribution in [1.82, 2.24) is 10.2 Å². The Balaban J connectivity index is 2.16. The quantitative estimate of drug-likeness (QED) is 0.515. The fourth-order valence-electron chi connectivity index (χ4n) is 3.23. The molecular weight excluding hydrogens is 404 g/mol. The molecular formula is C21H32N4O6. The number of ether oxygens (including phenoxy) is 2. The van der Waals surface area contributed by atoms with Crippen LogP contribution in [0.15, 0.2) is 18.2 Å². The average molecular weight is 437 g/mol. The maximum atomic E-state index is 12.6. The van der Waals surface area contributed by atoms with E-state index in [1.165, 1.54) is 14.2 Å². The lowest BCUT2D eigenvalue weighted by Gasteiger charge is -2.27. The molecule has 1 aliphatic heterocycles. The molecule has 1 unspecified atom stereocenters. The Morgan fingerprint density at radius 1 is 1.16 bits per heavy atom. The molecule has 31 heavy (non-hydrogen) atoms. The molecule has 1 aliphatic rings. The summed E-state index contributed by atoms with van der Waals surface area (Å²) in [4.78, 5) is 40.1. The highest BCUT2D eigenvalue weighted by molar-refractivity contribution is 6.00. The molecule has 1 atom stereocenters. The van der Waals surface area contributed by atoms with Crippen molar-refractivity contribution in [3.8, 4) is 0 Å². The van der Waals surface area contributed by atoms with E-state index in [1.54, 1.807) is 23.1 Å². The lowest BCUT2D eigenvalue weighted by molar-refractivity contribution is -0.751. The number of methoxy groups -OCH3 is 1. The number of amides is 2. The van der Waals surface area contributed by atoms with Crippen LogP contribution in [0.1, 0.15) is 37.6 Å². The summed E-state index contributed by atoms with van der Waals surface area (Å²) in [5, 5.41) is 14.2. The molecule has 2 amide bonds. The highest BCUT2D eigenvalue weighted by Gasteiger charge is 2.25. The monoisotopic (exact) mass is 436 g/mol. The second-order valence-electron chi connectivity index (χ2n) is 8.35. The smallest absolute Gasteiger partial charge is 0.410 e. The standard InChI is InChI=1S/C21H32N4O6/c1-21(2,3)31-20(28)25-10-6-9-24(11-12-25)15-7-8-17(23(4)29)16(13-15)19(27)22-14-18(26)30-5/h7-8,13,23H,6,9-12,14H2,1-5H3,(H,22,27). The molecule has 0 spiro atoms. The molecule has 0 saturated carbocycles. The molecule has 1 fully saturated rings. The van der Waals surface area contributed by atoms with Crippen molar-refractivity contribution in [2.75, 3.05) is 51.8 Å². The molecule has 0 aromatic heterocycles. The van der Waals surface area contributed by atoms with Gasteiger partial charge < -0.3 is 34.9 Å². The van der Waals surface area contributed by atoms with Gasteiger partial charge in [0.1, 0.15) is 23.4 Å². The number of anilines is 1. The molecule has 172 valence electrons. The van der Waals surface area contributed by atoms with Gasteiger partial charge in [0, 0.05) is 37.9 Å². The molecule has 1 saturated heterocycles. The lowest BCUT2D eigenvalue weighted by Crippen LogP contribution is -2.98. The SMILES string of the molecule is COC(=O)CNC(=O)c1cc(N2CCCN(C(=O)OC(C)(C)C)CC2)ccc1[NH+](C)[O-]. The first kappa shape index (κ1) is 24.4. The number of hydroxylamine groups is 1. The van der Waals surface area contributed by atoms with E-state index in [0.29, 0.717) is 26.2 Å². The van der Waals surface area contributed by atoms with Crippen LogP contribution in [0.4, 0.5) is 16.2 Å². The Hall–Kier alpha value is -2.85. The van der Waals surface area contributed by atoms with E-state index in [-0.39, 0.29) is 29.0 Å². The number of nitrogens with one attached hydrogen (secondary N) is 2. The number of nitrogens with zero attached hydrogens (tertiary/aromatic N) is 2. The van der Waals surface area contributed by atoms with Gasteiger partial charge in [-0.25, -0.2) is 4.79 Å². The third kappa shape index (κ3) is 7.11. The number of rotatable bonds is 5. The number of quaternary nitrogens is 1. The Labute approximate surface area is 182 Å². The van der Waals surface area contributed by atoms with Gasteiger partial charge in [-0.1, -0.05) is 0 Å². The van der Waals surface area contributed by atoms with Crippen LogP contribution in [-0.4, -0.2) is 75.4 Å². The van der Waals surface area contributed by atoms with Crippen LogP contribution < -0.4 is 15.3 Å². The first-order chi connectivity index (χ1) is 14.5. The van der Waals surface area contributed by atoms with Crippen LogP contribution in [0.25, 0.3) is 0 Å². The third-order valence-electron chi connectivity index (χ3n) is 4.76. The molecule has 0 aliphatic carbocycles. The number of hydrogen-bond acceptors (Lipinski definition) is 7. The zero-order valence-electron chi connectivity index (χ0n) is 18.8. The Morgan fingerprint density at radius 3 is 2.48 bits per heavy atom. The summed E-state index contributed by atoms with van der Waals surface area (Å²) in [6, 6.07) is 5.05. The maximum absolute atomic E-state index is 12.6. The van der Waals surface area contributed by atoms with Gasteiger partial charge in [0.15, 0.2) is 0 Å². The highest BCUT2D eigenvalue weighted by Crippen LogP contribution is 2.23. The van der Waals surface area contributed by atoms with Crippen molar-refractivity contribution < 1.29 is 28.9 Å². The molecule has 0 bridgehead atoms. The van der Waals surface area contributed by atoms with Crippen LogP contribution in [0.5, 0.6) is 0 Å². The van der Waals surface area contributed by atoms with Crippen LogP contribution in [-0.2, 0) is 14.3 Å². The predicted molar refractivity (Wildman–Crippen MR) is 115 cm³/mol. The maximum Gasteiger partial charge on any atom is 0.410 e. The minimum absolute atomic E-state index is 0.196. The fourth-order valence-corrected chi connectivity index (χ4v) is 3.23. The summed E-state index contributed by atoms with van der Waals surface area (Å²) in [6.07, 6.45) is 0.390. The number of esters is 1. The summed E-state index contributed by atoms with van der Waals surface area (Å²) in [6.45, 7) is 7.50. The molecule has 10 nitrogen and oxygen atoms in total. The van der Waals surface area contributed by atoms with E-state index >= 15 is 0 Å². The second-order valence-corrected chi connectivity index (χ2v) is 8.35. The largest absolute Gasteiger partial charge is 0.629 e. The Bertz CT molecular complexity index is 806. The zero-order valence-corrected chi connectivity index (χ0v) is 18.8. The normalized spacial score (nSPS) is 15.7. The Morgan fingerprint density at radius 2 is 1.87 bits per heavy atom. The van der Waals surface area contributed by atoms with Crippen LogP contribution in [0.2, 0.25) is 0 Å². The van der Waals surface area contributed by atoms with E-state index in [1.807, 2.05) is 20.8 Å². The van der Waals surface area contributed by atoms with Crippen molar-refractivity contribution >= 4 is 29.3 Å². The first-order valence-corrected chi connectivity index (χ1v) is 10.2. The summed E-state index contributed by atoms with van der Waals surface area (Å²) < 4.78 is 10.00. The van der Waals surface area contributed by atoms with Gasteiger partial charge in [-0.2, -0.15) is 0 Å². The number of hydrogen-bond donors (Lipinski definition) is 2. The molecule has 1 heterocycles. The number of carbonyl (C=O) groups excluding carboxylic acids is 3. The number of carbonyl (C=O) groups is 3. The molecule has 2 rings (SSSR count). The van der Waals surface area contributed by atoms with E-state index in [9.17, 15) is 19.6 Å². The van der Waals surface area contributed by atoms with Gasteiger partial charge in [0.2, 0.25) is 0 Å². The van der Waals surface area contributed by atoms with Crippen molar-refractivity contribution in [1.29, 1.82) is 0 Å². The summed E-state index contributed by atoms with van der Waals surface area (Å²) in [7, 11) is 2.62. The molecule has 1 aromatic carbocycles. The average Bonchev–Trinajstić information content (AvgIpc) is 2.96. The summed E-state index contributed by atoms with van der Waals surface area (Å²) >= 11 is 0. The van der Waals surface area contributed by atoms with E-state index < -0.39 is 17.5 Å². The van der Waals surface area contributed by atoms with E-state index in [4.69, 9.17) is 4.74 Å². The molecule has 2 N–H and O–H groups in total. The van der Waals surface area contributed by atoms with E-state index in [2.05, 4.69) is 15.0 Å². The summed E-state index contributed by atoms with van der Waals surface area (Å²) in [5.41, 5.74) is 0.677. The van der Waals surface area contributed by atoms with Crippen molar-refractivity contribution in [2.24, 2.45) is 0 Å². The fraction of sp³-hybridized carbons (Fsp3) is 0.571. The summed E-state index contributed by atoms with van der Waals surface area (Å²) in [5.74, 6) is -1.11. The van der Waals surface area contributed by atoms with Gasteiger partial charge in [0.25, 0.3) is 5.91 Å². The predicted octanol–water partition coefficient (Wildman–Crippen LogP) is 0.681. The first-order valence-electron chi connectivity index (χ1n) is 10.2. The van der Waals surface area contributed by atoms with Crippen LogP contribution in [0, 0.1) is 5.21 Å². The van der Waals surface area contributed by atoms with Gasteiger partial charge in [-0.3, -0.25) is 9.59 Å². The molecule has 10 heteroatoms. The Kier molecular flexibility index (Phi) is 8.23. The van der Waals surface area contributed by atoms with Gasteiger partial charge >= 0.3 is 12.1 Å². The van der Waals surface area contributed by atoms with Crippen molar-refractivity contribution in [3.05, 3.63) is 29.0 Å². The topological polar surface area (TPSA) is 116 Å². The number of benzene rings is 1. The molecule has 1 aromatic rings. The van der Waals surface area contributed by atoms with Crippen LogP contribution >= 0.6 is 0 Å². The minimum Gasteiger partial charge on any atom is -0.629 e. The highest BCUT2D eigenvalue weighted by atomic mass is 16.6. The van der Waals surface area contributed by atoms with Crippen molar-refractivity contribution in [3.63, 3.8) is 0 Å². The third-order valence-corrected chi connectivity index (χ3v) is 4.76. The van der Waals surface area contributed by atoms with Gasteiger partial charge in [-0.05, 0) is 39.3 Å². The van der Waals surface area contributed by atoms with Crippen molar-refractivity contribution in [2.45, 2.75) is 32.8 Å². The lowest BCUT2D eigenvalue weighted by atomic mass is 10.1. The molecule has 0 radical (unpaired) electrons. The van der Waals surface area contributed by atoms with Gasteiger partial charge in [0.05, 0.1) is 14.2 Å². The van der Waals surface area contributed by atoms with Gasteiger partial charge in [-0.15, -0.1) is 0 Å².